The van der Waals surface area contributed by atoms with Crippen LogP contribution in [-0.4, -0.2) is 23.2 Å². The van der Waals surface area contributed by atoms with Gasteiger partial charge in [0.1, 0.15) is 0 Å². The molecule has 1 fully saturated rings. The highest BCUT2D eigenvalue weighted by atomic mass is 19.3. The summed E-state index contributed by atoms with van der Waals surface area (Å²) >= 11 is 0. The third-order valence-corrected chi connectivity index (χ3v) is 1.85. The molecular formula is C6H11F2NO. The van der Waals surface area contributed by atoms with E-state index >= 15 is 0 Å². The van der Waals surface area contributed by atoms with Crippen LogP contribution in [0.4, 0.5) is 8.78 Å². The first-order valence-electron chi connectivity index (χ1n) is 3.33. The number of aliphatic hydroxyl groups excluding tert-OH is 1. The summed E-state index contributed by atoms with van der Waals surface area (Å²) < 4.78 is 24.8. The SMILES string of the molecule is NC1CCC(F)(F)C[C@H]1O. The van der Waals surface area contributed by atoms with Crippen molar-refractivity contribution in [2.24, 2.45) is 5.73 Å². The number of rotatable bonds is 0. The Bertz CT molecular complexity index is 129. The molecule has 0 aliphatic heterocycles. The van der Waals surface area contributed by atoms with Gasteiger partial charge in [-0.05, 0) is 6.42 Å². The first-order valence-corrected chi connectivity index (χ1v) is 3.33. The fourth-order valence-corrected chi connectivity index (χ4v) is 1.13. The second-order valence-electron chi connectivity index (χ2n) is 2.83. The van der Waals surface area contributed by atoms with Crippen LogP contribution in [0.1, 0.15) is 19.3 Å². The maximum Gasteiger partial charge on any atom is 0.250 e. The van der Waals surface area contributed by atoms with Gasteiger partial charge in [-0.1, -0.05) is 0 Å². The quantitative estimate of drug-likeness (QED) is 0.529. The Balaban J connectivity index is 2.49. The average Bonchev–Trinajstić information content (AvgIpc) is 1.79. The average molecular weight is 151 g/mol. The predicted molar refractivity (Wildman–Crippen MR) is 32.8 cm³/mol. The molecule has 1 unspecified atom stereocenters. The smallest absolute Gasteiger partial charge is 0.250 e. The molecule has 0 aromatic rings. The first-order chi connectivity index (χ1) is 4.51. The van der Waals surface area contributed by atoms with Crippen molar-refractivity contribution in [2.75, 3.05) is 0 Å². The van der Waals surface area contributed by atoms with E-state index < -0.39 is 24.5 Å². The summed E-state index contributed by atoms with van der Waals surface area (Å²) in [7, 11) is 0. The second kappa shape index (κ2) is 2.43. The van der Waals surface area contributed by atoms with E-state index in [-0.39, 0.29) is 12.8 Å². The Labute approximate surface area is 58.0 Å². The number of halogens is 2. The summed E-state index contributed by atoms with van der Waals surface area (Å²) in [5, 5.41) is 8.91. The van der Waals surface area contributed by atoms with Gasteiger partial charge in [0.2, 0.25) is 0 Å². The summed E-state index contributed by atoms with van der Waals surface area (Å²) in [5.74, 6) is -2.70. The molecule has 2 atom stereocenters. The Kier molecular flexibility index (Phi) is 1.92. The van der Waals surface area contributed by atoms with Crippen LogP contribution < -0.4 is 5.73 Å². The van der Waals surface area contributed by atoms with Gasteiger partial charge in [0, 0.05) is 18.9 Å². The zero-order valence-electron chi connectivity index (χ0n) is 5.56. The van der Waals surface area contributed by atoms with Gasteiger partial charge in [-0.15, -0.1) is 0 Å². The molecule has 0 aromatic heterocycles. The summed E-state index contributed by atoms with van der Waals surface area (Å²) in [6.45, 7) is 0. The van der Waals surface area contributed by atoms with Gasteiger partial charge in [-0.2, -0.15) is 0 Å². The molecule has 2 nitrogen and oxygen atoms in total. The Morgan fingerprint density at radius 2 is 2.10 bits per heavy atom. The third-order valence-electron chi connectivity index (χ3n) is 1.85. The van der Waals surface area contributed by atoms with Crippen LogP contribution in [0, 0.1) is 0 Å². The van der Waals surface area contributed by atoms with E-state index in [9.17, 15) is 8.78 Å². The van der Waals surface area contributed by atoms with Gasteiger partial charge in [0.05, 0.1) is 6.10 Å². The molecule has 1 saturated carbocycles. The topological polar surface area (TPSA) is 46.2 Å². The van der Waals surface area contributed by atoms with Crippen LogP contribution in [0.25, 0.3) is 0 Å². The number of alkyl halides is 2. The Hall–Kier alpha value is -0.220. The first kappa shape index (κ1) is 7.88. The lowest BCUT2D eigenvalue weighted by atomic mass is 9.90. The van der Waals surface area contributed by atoms with Crippen LogP contribution in [0.15, 0.2) is 0 Å². The van der Waals surface area contributed by atoms with Gasteiger partial charge < -0.3 is 10.8 Å². The molecule has 1 aliphatic carbocycles. The van der Waals surface area contributed by atoms with Gasteiger partial charge in [-0.3, -0.25) is 0 Å². The standard InChI is InChI=1S/C6H11F2NO/c7-6(8)2-1-4(9)5(10)3-6/h4-5,10H,1-3,9H2/t4?,5-/m1/s1. The van der Waals surface area contributed by atoms with Crippen LogP contribution in [0.2, 0.25) is 0 Å². The number of hydrogen-bond donors (Lipinski definition) is 2. The van der Waals surface area contributed by atoms with E-state index in [0.717, 1.165) is 0 Å². The minimum Gasteiger partial charge on any atom is -0.391 e. The molecule has 0 radical (unpaired) electrons. The van der Waals surface area contributed by atoms with Crippen LogP contribution in [0.5, 0.6) is 0 Å². The normalized spacial score (nSPS) is 39.6. The maximum atomic E-state index is 12.4. The minimum absolute atomic E-state index is 0.189. The maximum absolute atomic E-state index is 12.4. The van der Waals surface area contributed by atoms with Crippen molar-refractivity contribution >= 4 is 0 Å². The fraction of sp³-hybridized carbons (Fsp3) is 1.00. The molecule has 0 amide bonds. The summed E-state index contributed by atoms with van der Waals surface area (Å²) in [4.78, 5) is 0. The zero-order valence-corrected chi connectivity index (χ0v) is 5.56. The van der Waals surface area contributed by atoms with E-state index in [1.165, 1.54) is 0 Å². The van der Waals surface area contributed by atoms with E-state index in [1.54, 1.807) is 0 Å². The summed E-state index contributed by atoms with van der Waals surface area (Å²) in [6, 6.07) is -0.459. The van der Waals surface area contributed by atoms with E-state index in [2.05, 4.69) is 0 Å². The van der Waals surface area contributed by atoms with Gasteiger partial charge in [0.15, 0.2) is 0 Å². The fourth-order valence-electron chi connectivity index (χ4n) is 1.13. The van der Waals surface area contributed by atoms with Crippen molar-refractivity contribution in [1.82, 2.24) is 0 Å². The monoisotopic (exact) mass is 151 g/mol. The van der Waals surface area contributed by atoms with Crippen molar-refractivity contribution in [1.29, 1.82) is 0 Å². The summed E-state index contributed by atoms with van der Waals surface area (Å²) in [5.41, 5.74) is 5.32. The molecule has 10 heavy (non-hydrogen) atoms. The number of nitrogens with two attached hydrogens (primary N) is 1. The Morgan fingerprint density at radius 1 is 1.50 bits per heavy atom. The van der Waals surface area contributed by atoms with E-state index in [0.29, 0.717) is 0 Å². The van der Waals surface area contributed by atoms with Crippen LogP contribution >= 0.6 is 0 Å². The van der Waals surface area contributed by atoms with Crippen molar-refractivity contribution in [3.05, 3.63) is 0 Å². The van der Waals surface area contributed by atoms with Crippen molar-refractivity contribution in [2.45, 2.75) is 37.3 Å². The molecule has 1 rings (SSSR count). The van der Waals surface area contributed by atoms with Crippen molar-refractivity contribution < 1.29 is 13.9 Å². The van der Waals surface area contributed by atoms with Crippen LogP contribution in [-0.2, 0) is 0 Å². The zero-order chi connectivity index (χ0) is 7.78. The van der Waals surface area contributed by atoms with Gasteiger partial charge in [-0.25, -0.2) is 8.78 Å². The molecule has 0 saturated heterocycles. The highest BCUT2D eigenvalue weighted by Gasteiger charge is 2.39. The van der Waals surface area contributed by atoms with Crippen LogP contribution in [0.3, 0.4) is 0 Å². The lowest BCUT2D eigenvalue weighted by Gasteiger charge is -2.30. The molecule has 0 aromatic carbocycles. The van der Waals surface area contributed by atoms with Gasteiger partial charge in [0.25, 0.3) is 5.92 Å². The molecule has 0 heterocycles. The van der Waals surface area contributed by atoms with Crippen molar-refractivity contribution in [3.8, 4) is 0 Å². The molecule has 60 valence electrons. The summed E-state index contributed by atoms with van der Waals surface area (Å²) in [6.07, 6.45) is -1.48. The molecule has 1 aliphatic rings. The van der Waals surface area contributed by atoms with E-state index in [1.807, 2.05) is 0 Å². The number of hydrogen-bond acceptors (Lipinski definition) is 2. The largest absolute Gasteiger partial charge is 0.391 e. The molecule has 0 spiro atoms. The minimum atomic E-state index is -2.70. The lowest BCUT2D eigenvalue weighted by Crippen LogP contribution is -2.44. The molecule has 0 bridgehead atoms. The number of aliphatic hydroxyl groups is 1. The third kappa shape index (κ3) is 1.64. The predicted octanol–water partition coefficient (Wildman–Crippen LogP) is 0.494. The highest BCUT2D eigenvalue weighted by molar-refractivity contribution is 4.86. The molecular weight excluding hydrogens is 140 g/mol. The highest BCUT2D eigenvalue weighted by Crippen LogP contribution is 2.32. The molecule has 3 N–H and O–H groups in total. The Morgan fingerprint density at radius 3 is 2.50 bits per heavy atom. The van der Waals surface area contributed by atoms with Crippen molar-refractivity contribution in [3.63, 3.8) is 0 Å². The lowest BCUT2D eigenvalue weighted by molar-refractivity contribution is -0.0825. The van der Waals surface area contributed by atoms with E-state index in [4.69, 9.17) is 10.8 Å². The second-order valence-corrected chi connectivity index (χ2v) is 2.83. The molecule has 4 heteroatoms. The van der Waals surface area contributed by atoms with Gasteiger partial charge >= 0.3 is 0 Å².